The first-order valence-corrected chi connectivity index (χ1v) is 7.26. The predicted molar refractivity (Wildman–Crippen MR) is 82.1 cm³/mol. The smallest absolute Gasteiger partial charge is 0.308 e. The van der Waals surface area contributed by atoms with Gasteiger partial charge in [-0.15, -0.1) is 0 Å². The third-order valence-corrected chi connectivity index (χ3v) is 3.42. The molecule has 6 heteroatoms. The highest BCUT2D eigenvalue weighted by molar-refractivity contribution is 5.86. The molecule has 22 heavy (non-hydrogen) atoms. The molecule has 1 aliphatic heterocycles. The van der Waals surface area contributed by atoms with Gasteiger partial charge in [-0.05, 0) is 12.1 Å². The Hall–Kier alpha value is -2.24. The van der Waals surface area contributed by atoms with Crippen LogP contribution in [0.25, 0.3) is 0 Å². The molecule has 0 aliphatic carbocycles. The molecule has 1 amide bonds. The van der Waals surface area contributed by atoms with Gasteiger partial charge < -0.3 is 19.5 Å². The van der Waals surface area contributed by atoms with Crippen molar-refractivity contribution in [3.8, 4) is 11.5 Å². The van der Waals surface area contributed by atoms with E-state index in [2.05, 4.69) is 0 Å². The molecule has 0 saturated carbocycles. The SMILES string of the molecule is CC.COc1ccc(CN2CC(C(=O)O)CC2=O)c(OC)c1. The summed E-state index contributed by atoms with van der Waals surface area (Å²) in [6, 6.07) is 5.34. The number of likely N-dealkylation sites (tertiary alicyclic amines) is 1. The third kappa shape index (κ3) is 4.13. The van der Waals surface area contributed by atoms with Gasteiger partial charge in [0.2, 0.25) is 5.91 Å². The molecule has 0 spiro atoms. The molecule has 1 heterocycles. The molecule has 0 bridgehead atoms. The van der Waals surface area contributed by atoms with E-state index in [9.17, 15) is 9.59 Å². The number of benzene rings is 1. The van der Waals surface area contributed by atoms with Gasteiger partial charge in [0.1, 0.15) is 11.5 Å². The summed E-state index contributed by atoms with van der Waals surface area (Å²) in [5.41, 5.74) is 0.827. The fourth-order valence-corrected chi connectivity index (χ4v) is 2.28. The van der Waals surface area contributed by atoms with Gasteiger partial charge in [0, 0.05) is 31.1 Å². The lowest BCUT2D eigenvalue weighted by molar-refractivity contribution is -0.141. The number of carbonyl (C=O) groups is 2. The van der Waals surface area contributed by atoms with Crippen molar-refractivity contribution in [3.05, 3.63) is 23.8 Å². The highest BCUT2D eigenvalue weighted by Crippen LogP contribution is 2.28. The van der Waals surface area contributed by atoms with Crippen LogP contribution in [-0.4, -0.2) is 42.6 Å². The number of amides is 1. The van der Waals surface area contributed by atoms with Crippen molar-refractivity contribution in [1.29, 1.82) is 0 Å². The third-order valence-electron chi connectivity index (χ3n) is 3.42. The van der Waals surface area contributed by atoms with E-state index in [1.54, 1.807) is 31.3 Å². The lowest BCUT2D eigenvalue weighted by atomic mass is 10.1. The van der Waals surface area contributed by atoms with Crippen LogP contribution in [0.5, 0.6) is 11.5 Å². The number of methoxy groups -OCH3 is 2. The van der Waals surface area contributed by atoms with Crippen molar-refractivity contribution in [2.75, 3.05) is 20.8 Å². The number of hydrogen-bond donors (Lipinski definition) is 1. The zero-order valence-corrected chi connectivity index (χ0v) is 13.5. The topological polar surface area (TPSA) is 76.1 Å². The first-order chi connectivity index (χ1) is 10.5. The molecule has 1 N–H and O–H groups in total. The highest BCUT2D eigenvalue weighted by Gasteiger charge is 2.34. The van der Waals surface area contributed by atoms with Crippen LogP contribution < -0.4 is 9.47 Å². The van der Waals surface area contributed by atoms with E-state index in [0.29, 0.717) is 18.0 Å². The second-order valence-electron chi connectivity index (χ2n) is 4.69. The number of rotatable bonds is 5. The molecule has 122 valence electrons. The minimum Gasteiger partial charge on any atom is -0.497 e. The van der Waals surface area contributed by atoms with Crippen molar-refractivity contribution < 1.29 is 24.2 Å². The monoisotopic (exact) mass is 309 g/mol. The zero-order valence-electron chi connectivity index (χ0n) is 13.5. The molecule has 1 aliphatic rings. The normalized spacial score (nSPS) is 16.8. The molecule has 1 fully saturated rings. The van der Waals surface area contributed by atoms with E-state index in [1.165, 1.54) is 0 Å². The van der Waals surface area contributed by atoms with Crippen LogP contribution in [0.3, 0.4) is 0 Å². The summed E-state index contributed by atoms with van der Waals surface area (Å²) in [4.78, 5) is 24.3. The predicted octanol–water partition coefficient (Wildman–Crippen LogP) is 2.16. The van der Waals surface area contributed by atoms with Crippen molar-refractivity contribution in [1.82, 2.24) is 4.90 Å². The zero-order chi connectivity index (χ0) is 16.7. The minimum atomic E-state index is -0.928. The van der Waals surface area contributed by atoms with E-state index in [1.807, 2.05) is 19.9 Å². The van der Waals surface area contributed by atoms with Crippen LogP contribution in [0.2, 0.25) is 0 Å². The van der Waals surface area contributed by atoms with Crippen molar-refractivity contribution in [2.24, 2.45) is 5.92 Å². The number of carbonyl (C=O) groups excluding carboxylic acids is 1. The quantitative estimate of drug-likeness (QED) is 0.902. The average Bonchev–Trinajstić information content (AvgIpc) is 2.91. The number of nitrogens with zero attached hydrogens (tertiary/aromatic N) is 1. The Morgan fingerprint density at radius 1 is 1.32 bits per heavy atom. The van der Waals surface area contributed by atoms with Crippen molar-refractivity contribution >= 4 is 11.9 Å². The molecule has 1 aromatic rings. The van der Waals surface area contributed by atoms with Gasteiger partial charge in [0.25, 0.3) is 0 Å². The fraction of sp³-hybridized carbons (Fsp3) is 0.500. The van der Waals surface area contributed by atoms with Gasteiger partial charge in [-0.1, -0.05) is 13.8 Å². The summed E-state index contributed by atoms with van der Waals surface area (Å²) in [6.07, 6.45) is 0.0633. The molecule has 6 nitrogen and oxygen atoms in total. The van der Waals surface area contributed by atoms with Crippen LogP contribution in [0.4, 0.5) is 0 Å². The van der Waals surface area contributed by atoms with Gasteiger partial charge in [-0.3, -0.25) is 9.59 Å². The standard InChI is InChI=1S/C14H17NO5.C2H6/c1-19-11-4-3-9(12(6-11)20-2)7-15-8-10(14(17)18)5-13(15)16;1-2/h3-4,6,10H,5,7-8H2,1-2H3,(H,17,18);1-2H3. The van der Waals surface area contributed by atoms with Crippen molar-refractivity contribution in [3.63, 3.8) is 0 Å². The second-order valence-corrected chi connectivity index (χ2v) is 4.69. The summed E-state index contributed by atoms with van der Waals surface area (Å²) in [5, 5.41) is 8.96. The van der Waals surface area contributed by atoms with E-state index in [4.69, 9.17) is 14.6 Å². The van der Waals surface area contributed by atoms with Gasteiger partial charge in [0.05, 0.1) is 20.1 Å². The summed E-state index contributed by atoms with van der Waals surface area (Å²) in [6.45, 7) is 4.58. The molecule has 2 rings (SSSR count). The Balaban J connectivity index is 0.00000116. The first-order valence-electron chi connectivity index (χ1n) is 7.26. The van der Waals surface area contributed by atoms with Crippen LogP contribution in [-0.2, 0) is 16.1 Å². The summed E-state index contributed by atoms with van der Waals surface area (Å²) >= 11 is 0. The van der Waals surface area contributed by atoms with Gasteiger partial charge in [-0.2, -0.15) is 0 Å². The highest BCUT2D eigenvalue weighted by atomic mass is 16.5. The molecule has 0 radical (unpaired) electrons. The molecule has 1 aromatic carbocycles. The second kappa shape index (κ2) is 8.26. The van der Waals surface area contributed by atoms with Crippen LogP contribution in [0.15, 0.2) is 18.2 Å². The molecular formula is C16H23NO5. The maximum absolute atomic E-state index is 11.8. The molecule has 1 atom stereocenters. The number of hydrogen-bond acceptors (Lipinski definition) is 4. The molecule has 1 unspecified atom stereocenters. The Labute approximate surface area is 130 Å². The Morgan fingerprint density at radius 3 is 2.50 bits per heavy atom. The van der Waals surface area contributed by atoms with Crippen LogP contribution in [0, 0.1) is 5.92 Å². The van der Waals surface area contributed by atoms with Crippen molar-refractivity contribution in [2.45, 2.75) is 26.8 Å². The van der Waals surface area contributed by atoms with Crippen LogP contribution in [0.1, 0.15) is 25.8 Å². The number of carboxylic acids is 1. The lowest BCUT2D eigenvalue weighted by Gasteiger charge is -2.18. The number of ether oxygens (including phenoxy) is 2. The van der Waals surface area contributed by atoms with E-state index in [0.717, 1.165) is 5.56 Å². The number of carboxylic acid groups (broad SMARTS) is 1. The summed E-state index contributed by atoms with van der Waals surface area (Å²) in [5.74, 6) is -0.401. The molecule has 1 saturated heterocycles. The van der Waals surface area contributed by atoms with E-state index in [-0.39, 0.29) is 18.9 Å². The molecule has 0 aromatic heterocycles. The lowest BCUT2D eigenvalue weighted by Crippen LogP contribution is -2.26. The van der Waals surface area contributed by atoms with E-state index >= 15 is 0 Å². The largest absolute Gasteiger partial charge is 0.497 e. The first kappa shape index (κ1) is 17.8. The van der Waals surface area contributed by atoms with E-state index < -0.39 is 11.9 Å². The molecular weight excluding hydrogens is 286 g/mol. The summed E-state index contributed by atoms with van der Waals surface area (Å²) < 4.78 is 10.4. The van der Waals surface area contributed by atoms with Gasteiger partial charge in [0.15, 0.2) is 0 Å². The number of aliphatic carboxylic acids is 1. The fourth-order valence-electron chi connectivity index (χ4n) is 2.28. The van der Waals surface area contributed by atoms with Gasteiger partial charge in [-0.25, -0.2) is 0 Å². The Morgan fingerprint density at radius 2 is 2.00 bits per heavy atom. The maximum Gasteiger partial charge on any atom is 0.308 e. The van der Waals surface area contributed by atoms with Crippen LogP contribution >= 0.6 is 0 Å². The Bertz CT molecular complexity index is 529. The maximum atomic E-state index is 11.8. The average molecular weight is 309 g/mol. The minimum absolute atomic E-state index is 0.0633. The summed E-state index contributed by atoms with van der Waals surface area (Å²) in [7, 11) is 3.11. The Kier molecular flexibility index (Phi) is 6.69. The van der Waals surface area contributed by atoms with Gasteiger partial charge >= 0.3 is 5.97 Å².